The van der Waals surface area contributed by atoms with Crippen molar-refractivity contribution >= 4 is 11.9 Å². The lowest BCUT2D eigenvalue weighted by atomic mass is 10.1. The van der Waals surface area contributed by atoms with Crippen LogP contribution < -0.4 is 10.1 Å². The standard InChI is InChI=1S/C17H23NO5/c1-3-21-17(20)16(18-12(2)19)10-13-4-6-14(7-5-13)22-9-8-15-11-23-15/h4-7,15-16H,3,8-11H2,1-2H3,(H,18,19)/t15?,16-/m0/s1. The van der Waals surface area contributed by atoms with Gasteiger partial charge in [0.25, 0.3) is 0 Å². The molecule has 0 aliphatic carbocycles. The molecule has 1 amide bonds. The van der Waals surface area contributed by atoms with E-state index in [0.29, 0.717) is 19.1 Å². The Morgan fingerprint density at radius 1 is 1.35 bits per heavy atom. The van der Waals surface area contributed by atoms with Crippen molar-refractivity contribution in [3.63, 3.8) is 0 Å². The first-order valence-electron chi connectivity index (χ1n) is 7.85. The van der Waals surface area contributed by atoms with Crippen LogP contribution in [0.3, 0.4) is 0 Å². The number of carbonyl (C=O) groups is 2. The number of esters is 1. The van der Waals surface area contributed by atoms with Gasteiger partial charge in [-0.2, -0.15) is 0 Å². The maximum atomic E-state index is 11.9. The zero-order chi connectivity index (χ0) is 16.7. The van der Waals surface area contributed by atoms with E-state index < -0.39 is 12.0 Å². The van der Waals surface area contributed by atoms with Gasteiger partial charge in [0.1, 0.15) is 11.8 Å². The summed E-state index contributed by atoms with van der Waals surface area (Å²) in [5, 5.41) is 2.62. The van der Waals surface area contributed by atoms with Crippen molar-refractivity contribution in [3.8, 4) is 5.75 Å². The molecule has 0 bridgehead atoms. The number of rotatable bonds is 9. The molecule has 1 saturated heterocycles. The van der Waals surface area contributed by atoms with Gasteiger partial charge >= 0.3 is 5.97 Å². The van der Waals surface area contributed by atoms with Crippen LogP contribution in [0.4, 0.5) is 0 Å². The monoisotopic (exact) mass is 321 g/mol. The van der Waals surface area contributed by atoms with Crippen molar-refractivity contribution in [1.82, 2.24) is 5.32 Å². The molecule has 1 aliphatic rings. The topological polar surface area (TPSA) is 77.2 Å². The van der Waals surface area contributed by atoms with Gasteiger partial charge in [-0.1, -0.05) is 12.1 Å². The highest BCUT2D eigenvalue weighted by Gasteiger charge is 2.22. The third-order valence-corrected chi connectivity index (χ3v) is 3.42. The van der Waals surface area contributed by atoms with Gasteiger partial charge in [0.05, 0.1) is 25.9 Å². The molecule has 1 N–H and O–H groups in total. The number of benzene rings is 1. The number of hydrogen-bond acceptors (Lipinski definition) is 5. The summed E-state index contributed by atoms with van der Waals surface area (Å²) in [4.78, 5) is 23.1. The van der Waals surface area contributed by atoms with Crippen LogP contribution in [0.5, 0.6) is 5.75 Å². The SMILES string of the molecule is CCOC(=O)[C@H](Cc1ccc(OCCC2CO2)cc1)NC(C)=O. The summed E-state index contributed by atoms with van der Waals surface area (Å²) in [6, 6.07) is 6.82. The fourth-order valence-electron chi connectivity index (χ4n) is 2.18. The molecule has 23 heavy (non-hydrogen) atoms. The lowest BCUT2D eigenvalue weighted by molar-refractivity contribution is -0.147. The maximum Gasteiger partial charge on any atom is 0.328 e. The lowest BCUT2D eigenvalue weighted by Gasteiger charge is -2.16. The summed E-state index contributed by atoms with van der Waals surface area (Å²) in [6.45, 7) is 4.86. The zero-order valence-corrected chi connectivity index (χ0v) is 13.5. The van der Waals surface area contributed by atoms with E-state index in [9.17, 15) is 9.59 Å². The molecule has 0 aromatic heterocycles. The van der Waals surface area contributed by atoms with Crippen molar-refractivity contribution < 1.29 is 23.8 Å². The van der Waals surface area contributed by atoms with Gasteiger partial charge in [-0.15, -0.1) is 0 Å². The number of amides is 1. The Labute approximate surface area is 136 Å². The Kier molecular flexibility index (Phi) is 6.40. The largest absolute Gasteiger partial charge is 0.493 e. The first-order valence-corrected chi connectivity index (χ1v) is 7.85. The average molecular weight is 321 g/mol. The Bertz CT molecular complexity index is 524. The Morgan fingerprint density at radius 2 is 2.04 bits per heavy atom. The molecule has 1 aromatic carbocycles. The van der Waals surface area contributed by atoms with Gasteiger partial charge < -0.3 is 19.5 Å². The molecule has 0 radical (unpaired) electrons. The predicted octanol–water partition coefficient (Wildman–Crippen LogP) is 1.46. The summed E-state index contributed by atoms with van der Waals surface area (Å²) in [7, 11) is 0. The summed E-state index contributed by atoms with van der Waals surface area (Å²) in [6.07, 6.45) is 1.64. The minimum Gasteiger partial charge on any atom is -0.493 e. The van der Waals surface area contributed by atoms with Crippen LogP contribution in [-0.2, 0) is 25.5 Å². The quantitative estimate of drug-likeness (QED) is 0.550. The Morgan fingerprint density at radius 3 is 2.61 bits per heavy atom. The van der Waals surface area contributed by atoms with E-state index in [0.717, 1.165) is 24.3 Å². The molecule has 2 rings (SSSR count). The van der Waals surface area contributed by atoms with E-state index in [1.807, 2.05) is 24.3 Å². The summed E-state index contributed by atoms with van der Waals surface area (Å²) in [5.41, 5.74) is 0.926. The Balaban J connectivity index is 1.87. The van der Waals surface area contributed by atoms with Crippen LogP contribution in [0.15, 0.2) is 24.3 Å². The molecule has 1 heterocycles. The molecule has 0 saturated carbocycles. The van der Waals surface area contributed by atoms with E-state index in [1.165, 1.54) is 6.92 Å². The smallest absolute Gasteiger partial charge is 0.328 e. The highest BCUT2D eigenvalue weighted by Crippen LogP contribution is 2.17. The van der Waals surface area contributed by atoms with Crippen molar-refractivity contribution in [3.05, 3.63) is 29.8 Å². The van der Waals surface area contributed by atoms with E-state index >= 15 is 0 Å². The van der Waals surface area contributed by atoms with E-state index in [4.69, 9.17) is 14.2 Å². The lowest BCUT2D eigenvalue weighted by Crippen LogP contribution is -2.42. The molecule has 2 atom stereocenters. The fourth-order valence-corrected chi connectivity index (χ4v) is 2.18. The number of hydrogen-bond donors (Lipinski definition) is 1. The van der Waals surface area contributed by atoms with E-state index in [2.05, 4.69) is 5.32 Å². The highest BCUT2D eigenvalue weighted by molar-refractivity contribution is 5.83. The molecule has 6 heteroatoms. The third kappa shape index (κ3) is 6.28. The second-order valence-electron chi connectivity index (χ2n) is 5.45. The van der Waals surface area contributed by atoms with Gasteiger partial charge in [-0.3, -0.25) is 4.79 Å². The first-order chi connectivity index (χ1) is 11.1. The van der Waals surface area contributed by atoms with Crippen LogP contribution in [0, 0.1) is 0 Å². The zero-order valence-electron chi connectivity index (χ0n) is 13.5. The Hall–Kier alpha value is -2.08. The van der Waals surface area contributed by atoms with Gasteiger partial charge in [0, 0.05) is 19.8 Å². The minimum absolute atomic E-state index is 0.259. The molecule has 1 unspecified atom stereocenters. The van der Waals surface area contributed by atoms with Gasteiger partial charge in [-0.05, 0) is 24.6 Å². The number of nitrogens with one attached hydrogen (secondary N) is 1. The number of ether oxygens (including phenoxy) is 3. The fraction of sp³-hybridized carbons (Fsp3) is 0.529. The average Bonchev–Trinajstić information content (AvgIpc) is 3.32. The van der Waals surface area contributed by atoms with Crippen molar-refractivity contribution in [2.75, 3.05) is 19.8 Å². The van der Waals surface area contributed by atoms with Gasteiger partial charge in [-0.25, -0.2) is 4.79 Å². The van der Waals surface area contributed by atoms with Crippen LogP contribution in [0.25, 0.3) is 0 Å². The van der Waals surface area contributed by atoms with E-state index in [-0.39, 0.29) is 12.5 Å². The normalized spacial score (nSPS) is 17.2. The molecule has 1 aliphatic heterocycles. The van der Waals surface area contributed by atoms with Crippen molar-refractivity contribution in [2.45, 2.75) is 38.8 Å². The second-order valence-corrected chi connectivity index (χ2v) is 5.45. The molecule has 6 nitrogen and oxygen atoms in total. The maximum absolute atomic E-state index is 11.9. The third-order valence-electron chi connectivity index (χ3n) is 3.42. The molecule has 1 aromatic rings. The predicted molar refractivity (Wildman–Crippen MR) is 84.2 cm³/mol. The van der Waals surface area contributed by atoms with E-state index in [1.54, 1.807) is 6.92 Å². The summed E-state index contributed by atoms with van der Waals surface area (Å²) in [5.74, 6) is 0.0966. The molecule has 0 spiro atoms. The minimum atomic E-state index is -0.675. The first kappa shape index (κ1) is 17.3. The second kappa shape index (κ2) is 8.53. The highest BCUT2D eigenvalue weighted by atomic mass is 16.6. The molecule has 126 valence electrons. The van der Waals surface area contributed by atoms with Crippen LogP contribution in [0.1, 0.15) is 25.8 Å². The molecular formula is C17H23NO5. The summed E-state index contributed by atoms with van der Waals surface area (Å²) < 4.78 is 15.7. The van der Waals surface area contributed by atoms with Gasteiger partial charge in [0.2, 0.25) is 5.91 Å². The van der Waals surface area contributed by atoms with Crippen LogP contribution in [0.2, 0.25) is 0 Å². The molecular weight excluding hydrogens is 298 g/mol. The van der Waals surface area contributed by atoms with Crippen molar-refractivity contribution in [2.24, 2.45) is 0 Å². The number of carbonyl (C=O) groups excluding carboxylic acids is 2. The number of epoxide rings is 1. The summed E-state index contributed by atoms with van der Waals surface area (Å²) >= 11 is 0. The molecule has 1 fully saturated rings. The van der Waals surface area contributed by atoms with Crippen LogP contribution >= 0.6 is 0 Å². The van der Waals surface area contributed by atoms with Crippen molar-refractivity contribution in [1.29, 1.82) is 0 Å². The van der Waals surface area contributed by atoms with Crippen LogP contribution in [-0.4, -0.2) is 43.8 Å². The van der Waals surface area contributed by atoms with Gasteiger partial charge in [0.15, 0.2) is 0 Å².